The van der Waals surface area contributed by atoms with E-state index < -0.39 is 11.0 Å². The number of benzene rings is 3. The van der Waals surface area contributed by atoms with Gasteiger partial charge in [0.1, 0.15) is 6.04 Å². The Bertz CT molecular complexity index is 1520. The molecule has 0 bridgehead atoms. The third kappa shape index (κ3) is 3.57. The lowest BCUT2D eigenvalue weighted by molar-refractivity contribution is -0.384. The molecule has 0 amide bonds. The standard InChI is InChI=1S/C24H16N4O3S/c29-23-20(15-16-8-7-13-19(14-16)28(30)31)32-24-26-25-21(17-9-3-1-4-10-17)22(27(23)24)18-11-5-2-6-12-18/h1-15,22H/b20-15-. The van der Waals surface area contributed by atoms with E-state index in [-0.39, 0.29) is 11.2 Å². The third-order valence-electron chi connectivity index (χ3n) is 5.16. The molecular formula is C24H16N4O3S. The number of hydrogen-bond donors (Lipinski definition) is 0. The molecule has 32 heavy (non-hydrogen) atoms. The van der Waals surface area contributed by atoms with E-state index in [1.807, 2.05) is 60.7 Å². The number of non-ortho nitro benzene ring substituents is 1. The first-order chi connectivity index (χ1) is 15.6. The Morgan fingerprint density at radius 3 is 2.38 bits per heavy atom. The van der Waals surface area contributed by atoms with Crippen LogP contribution in [0.3, 0.4) is 0 Å². The van der Waals surface area contributed by atoms with Crippen LogP contribution in [-0.4, -0.2) is 15.2 Å². The predicted molar refractivity (Wildman–Crippen MR) is 124 cm³/mol. The Kier molecular flexibility index (Phi) is 5.04. The van der Waals surface area contributed by atoms with Crippen molar-refractivity contribution in [1.29, 1.82) is 0 Å². The molecule has 2 heterocycles. The number of thiazole rings is 1. The van der Waals surface area contributed by atoms with E-state index in [2.05, 4.69) is 10.2 Å². The van der Waals surface area contributed by atoms with E-state index in [4.69, 9.17) is 0 Å². The second kappa shape index (κ2) is 8.16. The Morgan fingerprint density at radius 2 is 1.66 bits per heavy atom. The van der Waals surface area contributed by atoms with Crippen molar-refractivity contribution in [2.45, 2.75) is 6.04 Å². The van der Waals surface area contributed by atoms with Crippen LogP contribution in [-0.2, 0) is 0 Å². The molecule has 0 fully saturated rings. The van der Waals surface area contributed by atoms with E-state index >= 15 is 0 Å². The van der Waals surface area contributed by atoms with Crippen LogP contribution in [0.4, 0.5) is 5.69 Å². The summed E-state index contributed by atoms with van der Waals surface area (Å²) in [5, 5.41) is 19.9. The lowest BCUT2D eigenvalue weighted by atomic mass is 9.96. The maximum absolute atomic E-state index is 13.5. The molecule has 0 spiro atoms. The Hall–Kier alpha value is -4.17. The fraction of sp³-hybridized carbons (Fsp3) is 0.0417. The summed E-state index contributed by atoms with van der Waals surface area (Å²) in [4.78, 5) is 24.6. The zero-order valence-corrected chi connectivity index (χ0v) is 17.5. The van der Waals surface area contributed by atoms with Gasteiger partial charge in [0.2, 0.25) is 4.80 Å². The highest BCUT2D eigenvalue weighted by Gasteiger charge is 2.28. The SMILES string of the molecule is O=c1/c(=C/c2cccc([N+](=O)[O-])c2)sc2n1C(c1ccccc1)C(c1ccccc1)=NN=2. The Labute approximate surface area is 186 Å². The molecule has 5 rings (SSSR count). The van der Waals surface area contributed by atoms with Crippen molar-refractivity contribution >= 4 is 28.8 Å². The summed E-state index contributed by atoms with van der Waals surface area (Å²) < 4.78 is 2.09. The first-order valence-electron chi connectivity index (χ1n) is 9.85. The minimum absolute atomic E-state index is 0.0262. The van der Waals surface area contributed by atoms with Gasteiger partial charge in [-0.05, 0) is 17.2 Å². The molecule has 1 unspecified atom stereocenters. The summed E-state index contributed by atoms with van der Waals surface area (Å²) in [6.07, 6.45) is 1.66. The average Bonchev–Trinajstić information content (AvgIpc) is 3.15. The minimum Gasteiger partial charge on any atom is -0.268 e. The highest BCUT2D eigenvalue weighted by molar-refractivity contribution is 7.07. The summed E-state index contributed by atoms with van der Waals surface area (Å²) in [6.45, 7) is 0. The van der Waals surface area contributed by atoms with Gasteiger partial charge in [0.25, 0.3) is 11.2 Å². The number of nitro benzene ring substituents is 1. The van der Waals surface area contributed by atoms with Gasteiger partial charge in [-0.15, -0.1) is 10.2 Å². The van der Waals surface area contributed by atoms with Gasteiger partial charge in [0.05, 0.1) is 15.2 Å². The lowest BCUT2D eigenvalue weighted by Gasteiger charge is -2.22. The quantitative estimate of drug-likeness (QED) is 0.360. The summed E-state index contributed by atoms with van der Waals surface area (Å²) in [6, 6.07) is 25.1. The van der Waals surface area contributed by atoms with Crippen molar-refractivity contribution in [3.8, 4) is 0 Å². The summed E-state index contributed by atoms with van der Waals surface area (Å²) in [7, 11) is 0. The van der Waals surface area contributed by atoms with Crippen LogP contribution < -0.4 is 14.9 Å². The molecule has 8 heteroatoms. The molecule has 1 aliphatic heterocycles. The van der Waals surface area contributed by atoms with Crippen LogP contribution in [0.5, 0.6) is 0 Å². The summed E-state index contributed by atoms with van der Waals surface area (Å²) >= 11 is 1.22. The smallest absolute Gasteiger partial charge is 0.268 e. The minimum atomic E-state index is -0.454. The number of fused-ring (bicyclic) bond motifs is 1. The number of rotatable bonds is 4. The van der Waals surface area contributed by atoms with Gasteiger partial charge in [0, 0.05) is 17.7 Å². The van der Waals surface area contributed by atoms with Crippen molar-refractivity contribution in [3.63, 3.8) is 0 Å². The fourth-order valence-corrected chi connectivity index (χ4v) is 4.65. The molecule has 0 saturated carbocycles. The fourth-order valence-electron chi connectivity index (χ4n) is 3.70. The van der Waals surface area contributed by atoms with E-state index in [1.54, 1.807) is 22.8 Å². The molecule has 156 valence electrons. The van der Waals surface area contributed by atoms with Crippen LogP contribution in [0.15, 0.2) is 99.9 Å². The highest BCUT2D eigenvalue weighted by atomic mass is 32.1. The normalized spacial score (nSPS) is 15.6. The van der Waals surface area contributed by atoms with Crippen molar-refractivity contribution in [3.05, 3.63) is 131 Å². The molecule has 7 nitrogen and oxygen atoms in total. The van der Waals surface area contributed by atoms with Crippen molar-refractivity contribution in [2.75, 3.05) is 0 Å². The van der Waals surface area contributed by atoms with Gasteiger partial charge >= 0.3 is 0 Å². The van der Waals surface area contributed by atoms with Gasteiger partial charge in [-0.25, -0.2) is 0 Å². The first kappa shape index (κ1) is 19.8. The van der Waals surface area contributed by atoms with E-state index in [9.17, 15) is 14.9 Å². The van der Waals surface area contributed by atoms with Gasteiger partial charge in [-0.1, -0.05) is 84.1 Å². The van der Waals surface area contributed by atoms with Gasteiger partial charge in [0.15, 0.2) is 0 Å². The molecule has 0 saturated heterocycles. The molecule has 1 aliphatic rings. The zero-order chi connectivity index (χ0) is 22.1. The van der Waals surface area contributed by atoms with Crippen LogP contribution in [0.25, 0.3) is 6.08 Å². The van der Waals surface area contributed by atoms with Crippen molar-refractivity contribution in [1.82, 2.24) is 4.57 Å². The maximum atomic E-state index is 13.5. The van der Waals surface area contributed by atoms with Crippen LogP contribution >= 0.6 is 11.3 Å². The molecule has 0 aliphatic carbocycles. The van der Waals surface area contributed by atoms with Gasteiger partial charge < -0.3 is 0 Å². The van der Waals surface area contributed by atoms with Gasteiger partial charge in [-0.3, -0.25) is 19.5 Å². The number of nitrogens with zero attached hydrogens (tertiary/aromatic N) is 4. The summed E-state index contributed by atoms with van der Waals surface area (Å²) in [5.41, 5.74) is 2.84. The average molecular weight is 440 g/mol. The molecule has 1 aromatic heterocycles. The number of aromatic nitrogens is 1. The van der Waals surface area contributed by atoms with Crippen molar-refractivity contribution in [2.24, 2.45) is 10.2 Å². The second-order valence-electron chi connectivity index (χ2n) is 7.18. The monoisotopic (exact) mass is 440 g/mol. The largest absolute Gasteiger partial charge is 0.271 e. The van der Waals surface area contributed by atoms with E-state index in [0.717, 1.165) is 11.1 Å². The molecule has 4 aromatic rings. The van der Waals surface area contributed by atoms with E-state index in [1.165, 1.54) is 23.5 Å². The van der Waals surface area contributed by atoms with Crippen molar-refractivity contribution < 1.29 is 4.92 Å². The summed E-state index contributed by atoms with van der Waals surface area (Å²) in [5.74, 6) is 0. The maximum Gasteiger partial charge on any atom is 0.271 e. The number of nitro groups is 1. The zero-order valence-electron chi connectivity index (χ0n) is 16.7. The molecular weight excluding hydrogens is 424 g/mol. The van der Waals surface area contributed by atoms with E-state index in [0.29, 0.717) is 20.6 Å². The van der Waals surface area contributed by atoms with Crippen LogP contribution in [0, 0.1) is 10.1 Å². The topological polar surface area (TPSA) is 89.9 Å². The van der Waals surface area contributed by atoms with Crippen LogP contribution in [0.1, 0.15) is 22.7 Å². The number of hydrogen-bond acceptors (Lipinski definition) is 6. The molecule has 0 radical (unpaired) electrons. The molecule has 3 aromatic carbocycles. The highest BCUT2D eigenvalue weighted by Crippen LogP contribution is 2.24. The molecule has 1 atom stereocenters. The predicted octanol–water partition coefficient (Wildman–Crippen LogP) is 3.27. The first-order valence-corrected chi connectivity index (χ1v) is 10.7. The lowest BCUT2D eigenvalue weighted by Crippen LogP contribution is -2.40. The Morgan fingerprint density at radius 1 is 0.938 bits per heavy atom. The Balaban J connectivity index is 1.70. The third-order valence-corrected chi connectivity index (χ3v) is 6.13. The molecule has 0 N–H and O–H groups in total. The van der Waals surface area contributed by atoms with Gasteiger partial charge in [-0.2, -0.15) is 0 Å². The van der Waals surface area contributed by atoms with Crippen LogP contribution in [0.2, 0.25) is 0 Å². The second-order valence-corrected chi connectivity index (χ2v) is 8.19.